The molecule has 1 aromatic heterocycles. The molecule has 0 aliphatic carbocycles. The average molecular weight is 298 g/mol. The zero-order valence-corrected chi connectivity index (χ0v) is 12.7. The summed E-state index contributed by atoms with van der Waals surface area (Å²) in [5, 5.41) is 9.86. The fourth-order valence-electron chi connectivity index (χ4n) is 1.63. The number of aryl methyl sites for hydroxylation is 1. The van der Waals surface area contributed by atoms with E-state index in [1.54, 1.807) is 0 Å². The Labute approximate surface area is 121 Å². The van der Waals surface area contributed by atoms with Crippen molar-refractivity contribution in [2.45, 2.75) is 33.3 Å². The van der Waals surface area contributed by atoms with Crippen LogP contribution in [-0.4, -0.2) is 10.1 Å². The predicted molar refractivity (Wildman–Crippen MR) is 78.4 cm³/mol. The van der Waals surface area contributed by atoms with E-state index in [-0.39, 0.29) is 6.61 Å². The number of halogens is 1. The van der Waals surface area contributed by atoms with Gasteiger partial charge in [-0.3, -0.25) is 0 Å². The maximum absolute atomic E-state index is 9.10. The molecular weight excluding hydrogens is 282 g/mol. The number of hydrogen-bond donors (Lipinski definition) is 1. The molecule has 0 aliphatic rings. The lowest BCUT2D eigenvalue weighted by Gasteiger charge is -2.10. The average Bonchev–Trinajstić information content (AvgIpc) is 2.72. The Bertz CT molecular complexity index is 581. The van der Waals surface area contributed by atoms with Crippen LogP contribution in [0, 0.1) is 6.92 Å². The second-order valence-corrected chi connectivity index (χ2v) is 6.04. The molecule has 0 radical (unpaired) electrons. The van der Waals surface area contributed by atoms with Crippen molar-refractivity contribution < 1.29 is 9.84 Å². The molecule has 0 saturated heterocycles. The quantitative estimate of drug-likeness (QED) is 0.902. The van der Waals surface area contributed by atoms with Crippen LogP contribution in [0.25, 0.3) is 0 Å². The smallest absolute Gasteiger partial charge is 0.280 e. The molecule has 0 aliphatic heterocycles. The van der Waals surface area contributed by atoms with Crippen LogP contribution in [0.4, 0.5) is 0 Å². The second kappa shape index (κ2) is 5.90. The highest BCUT2D eigenvalue weighted by Crippen LogP contribution is 2.34. The zero-order chi connectivity index (χ0) is 14.0. The first-order valence-corrected chi connectivity index (χ1v) is 7.25. The van der Waals surface area contributed by atoms with Gasteiger partial charge in [-0.2, -0.15) is 4.98 Å². The van der Waals surface area contributed by atoms with E-state index < -0.39 is 0 Å². The Morgan fingerprint density at radius 3 is 2.74 bits per heavy atom. The third-order valence-electron chi connectivity index (χ3n) is 2.85. The van der Waals surface area contributed by atoms with E-state index in [0.29, 0.717) is 21.1 Å². The van der Waals surface area contributed by atoms with Gasteiger partial charge in [-0.15, -0.1) is 0 Å². The number of aliphatic hydroxyl groups is 1. The van der Waals surface area contributed by atoms with Gasteiger partial charge in [0.25, 0.3) is 5.19 Å². The summed E-state index contributed by atoms with van der Waals surface area (Å²) in [7, 11) is 0. The Balaban J connectivity index is 2.29. The van der Waals surface area contributed by atoms with Gasteiger partial charge in [-0.1, -0.05) is 48.9 Å². The number of rotatable bonds is 4. The van der Waals surface area contributed by atoms with Crippen molar-refractivity contribution >= 4 is 22.9 Å². The van der Waals surface area contributed by atoms with Crippen molar-refractivity contribution in [3.8, 4) is 10.9 Å². The van der Waals surface area contributed by atoms with E-state index in [4.69, 9.17) is 21.4 Å². The SMILES string of the molecule is Cc1ccc(C(C)C)cc1Oc1nc(Cl)c(CO)s1. The van der Waals surface area contributed by atoms with Crippen molar-refractivity contribution in [2.75, 3.05) is 0 Å². The van der Waals surface area contributed by atoms with Crippen LogP contribution < -0.4 is 4.74 Å². The number of aliphatic hydroxyl groups excluding tert-OH is 1. The predicted octanol–water partition coefficient (Wildman–Crippen LogP) is 4.51. The standard InChI is InChI=1S/C14H16ClNO2S/c1-8(2)10-5-4-9(3)11(6-10)18-14-16-13(15)12(7-17)19-14/h4-6,8,17H,7H2,1-3H3. The molecule has 1 heterocycles. The fraction of sp³-hybridized carbons (Fsp3) is 0.357. The summed E-state index contributed by atoms with van der Waals surface area (Å²) >= 11 is 7.15. The number of nitrogens with zero attached hydrogens (tertiary/aromatic N) is 1. The summed E-state index contributed by atoms with van der Waals surface area (Å²) in [5.74, 6) is 1.22. The monoisotopic (exact) mass is 297 g/mol. The minimum absolute atomic E-state index is 0.120. The molecule has 1 aromatic carbocycles. The Morgan fingerprint density at radius 2 is 2.16 bits per heavy atom. The van der Waals surface area contributed by atoms with Gasteiger partial charge in [0.15, 0.2) is 0 Å². The molecule has 5 heteroatoms. The van der Waals surface area contributed by atoms with Crippen LogP contribution in [-0.2, 0) is 6.61 Å². The van der Waals surface area contributed by atoms with Crippen molar-refractivity contribution in [1.82, 2.24) is 4.98 Å². The summed E-state index contributed by atoms with van der Waals surface area (Å²) in [5.41, 5.74) is 2.26. The van der Waals surface area contributed by atoms with Gasteiger partial charge < -0.3 is 9.84 Å². The maximum atomic E-state index is 9.10. The highest BCUT2D eigenvalue weighted by atomic mass is 35.5. The first-order chi connectivity index (χ1) is 9.01. The molecule has 0 atom stereocenters. The van der Waals surface area contributed by atoms with Crippen molar-refractivity contribution in [3.05, 3.63) is 39.4 Å². The summed E-state index contributed by atoms with van der Waals surface area (Å²) in [6.45, 7) is 6.14. The Morgan fingerprint density at radius 1 is 1.42 bits per heavy atom. The molecule has 19 heavy (non-hydrogen) atoms. The molecule has 0 bridgehead atoms. The molecule has 2 aromatic rings. The van der Waals surface area contributed by atoms with Crippen molar-refractivity contribution in [2.24, 2.45) is 0 Å². The Hall–Kier alpha value is -1.10. The molecule has 0 spiro atoms. The van der Waals surface area contributed by atoms with E-state index in [9.17, 15) is 0 Å². The van der Waals surface area contributed by atoms with Crippen LogP contribution in [0.1, 0.15) is 35.8 Å². The molecule has 3 nitrogen and oxygen atoms in total. The number of ether oxygens (including phenoxy) is 1. The first-order valence-electron chi connectivity index (χ1n) is 6.05. The van der Waals surface area contributed by atoms with Gasteiger partial charge in [-0.05, 0) is 30.0 Å². The lowest BCUT2D eigenvalue weighted by atomic mass is 10.0. The molecule has 0 fully saturated rings. The van der Waals surface area contributed by atoms with Gasteiger partial charge in [-0.25, -0.2) is 0 Å². The third kappa shape index (κ3) is 3.26. The van der Waals surface area contributed by atoms with Crippen LogP contribution in [0.5, 0.6) is 10.9 Å². The molecule has 0 unspecified atom stereocenters. The summed E-state index contributed by atoms with van der Waals surface area (Å²) in [6.07, 6.45) is 0. The van der Waals surface area contributed by atoms with Gasteiger partial charge in [0.2, 0.25) is 0 Å². The molecule has 1 N–H and O–H groups in total. The topological polar surface area (TPSA) is 42.4 Å². The highest BCUT2D eigenvalue weighted by molar-refractivity contribution is 7.13. The molecule has 0 saturated carbocycles. The maximum Gasteiger partial charge on any atom is 0.280 e. The van der Waals surface area contributed by atoms with Crippen molar-refractivity contribution in [3.63, 3.8) is 0 Å². The minimum Gasteiger partial charge on any atom is -0.431 e. The number of hydrogen-bond acceptors (Lipinski definition) is 4. The zero-order valence-electron chi connectivity index (χ0n) is 11.1. The van der Waals surface area contributed by atoms with Crippen LogP contribution in [0.15, 0.2) is 18.2 Å². The van der Waals surface area contributed by atoms with Crippen molar-refractivity contribution in [1.29, 1.82) is 0 Å². The van der Waals surface area contributed by atoms with E-state index in [2.05, 4.69) is 24.9 Å². The van der Waals surface area contributed by atoms with E-state index in [1.807, 2.05) is 19.1 Å². The molecular formula is C14H16ClNO2S. The Kier molecular flexibility index (Phi) is 4.45. The van der Waals surface area contributed by atoms with E-state index >= 15 is 0 Å². The lowest BCUT2D eigenvalue weighted by Crippen LogP contribution is -1.92. The first kappa shape index (κ1) is 14.3. The lowest BCUT2D eigenvalue weighted by molar-refractivity contribution is 0.285. The second-order valence-electron chi connectivity index (χ2n) is 4.63. The highest BCUT2D eigenvalue weighted by Gasteiger charge is 2.12. The fourth-order valence-corrected chi connectivity index (χ4v) is 2.61. The third-order valence-corrected chi connectivity index (χ3v) is 4.19. The molecule has 102 valence electrons. The summed E-state index contributed by atoms with van der Waals surface area (Å²) < 4.78 is 5.78. The number of benzene rings is 1. The molecule has 2 rings (SSSR count). The summed E-state index contributed by atoms with van der Waals surface area (Å²) in [6, 6.07) is 6.15. The number of thiazole rings is 1. The minimum atomic E-state index is -0.120. The number of aromatic nitrogens is 1. The van der Waals surface area contributed by atoms with Crippen LogP contribution in [0.3, 0.4) is 0 Å². The molecule has 0 amide bonds. The summed E-state index contributed by atoms with van der Waals surface area (Å²) in [4.78, 5) is 4.71. The van der Waals surface area contributed by atoms with Gasteiger partial charge in [0, 0.05) is 0 Å². The largest absolute Gasteiger partial charge is 0.431 e. The van der Waals surface area contributed by atoms with Gasteiger partial charge >= 0.3 is 0 Å². The van der Waals surface area contributed by atoms with Crippen LogP contribution in [0.2, 0.25) is 5.15 Å². The van der Waals surface area contributed by atoms with Crippen LogP contribution >= 0.6 is 22.9 Å². The van der Waals surface area contributed by atoms with Gasteiger partial charge in [0.05, 0.1) is 11.5 Å². The normalized spacial score (nSPS) is 11.1. The van der Waals surface area contributed by atoms with Gasteiger partial charge in [0.1, 0.15) is 10.9 Å². The van der Waals surface area contributed by atoms with E-state index in [1.165, 1.54) is 16.9 Å². The van der Waals surface area contributed by atoms with E-state index in [0.717, 1.165) is 11.3 Å².